The Bertz CT molecular complexity index is 1480. The minimum absolute atomic E-state index is 0.106. The maximum atomic E-state index is 14.2. The molecule has 0 aromatic heterocycles. The largest absolute Gasteiger partial charge is 0.486 e. The third kappa shape index (κ3) is 8.25. The van der Waals surface area contributed by atoms with E-state index in [0.29, 0.717) is 24.7 Å². The molecule has 1 aliphatic rings. The van der Waals surface area contributed by atoms with Crippen LogP contribution in [0.15, 0.2) is 77.3 Å². The Hall–Kier alpha value is -3.57. The summed E-state index contributed by atoms with van der Waals surface area (Å²) in [7, 11) is -3.90. The van der Waals surface area contributed by atoms with Crippen LogP contribution >= 0.6 is 15.9 Å². The molecule has 0 radical (unpaired) electrons. The molecule has 1 heterocycles. The molecule has 2 amide bonds. The van der Waals surface area contributed by atoms with Gasteiger partial charge in [0.1, 0.15) is 25.8 Å². The predicted octanol–water partition coefficient (Wildman–Crippen LogP) is 4.54. The molecule has 0 aliphatic carbocycles. The molecular weight excluding hydrogens is 622 g/mol. The first-order valence-electron chi connectivity index (χ1n) is 13.8. The van der Waals surface area contributed by atoms with E-state index >= 15 is 0 Å². The maximum Gasteiger partial charge on any atom is 0.244 e. The molecule has 3 aromatic carbocycles. The van der Waals surface area contributed by atoms with Crippen molar-refractivity contribution >= 4 is 43.5 Å². The first-order chi connectivity index (χ1) is 20.0. The molecule has 0 saturated heterocycles. The molecular formula is C31H36BrN3O6S. The quantitative estimate of drug-likeness (QED) is 0.307. The molecule has 1 N–H and O–H groups in total. The summed E-state index contributed by atoms with van der Waals surface area (Å²) in [6.07, 6.45) is 2.03. The third-order valence-corrected chi connectivity index (χ3v) is 8.70. The Kier molecular flexibility index (Phi) is 10.5. The summed E-state index contributed by atoms with van der Waals surface area (Å²) in [4.78, 5) is 29.4. The van der Waals surface area contributed by atoms with Gasteiger partial charge in [-0.2, -0.15) is 0 Å². The summed E-state index contributed by atoms with van der Waals surface area (Å²) in [6.45, 7) is 4.22. The monoisotopic (exact) mass is 657 g/mol. The van der Waals surface area contributed by atoms with Crippen LogP contribution in [0.1, 0.15) is 31.4 Å². The van der Waals surface area contributed by atoms with E-state index in [0.717, 1.165) is 32.6 Å². The van der Waals surface area contributed by atoms with Crippen molar-refractivity contribution in [1.29, 1.82) is 0 Å². The zero-order valence-electron chi connectivity index (χ0n) is 24.0. The number of rotatable bonds is 12. The fourth-order valence-electron chi connectivity index (χ4n) is 4.58. The highest BCUT2D eigenvalue weighted by molar-refractivity contribution is 9.10. The van der Waals surface area contributed by atoms with Crippen molar-refractivity contribution in [1.82, 2.24) is 10.2 Å². The number of nitrogens with zero attached hydrogens (tertiary/aromatic N) is 2. The molecule has 3 aromatic rings. The fourth-order valence-corrected chi connectivity index (χ4v) is 5.69. The van der Waals surface area contributed by atoms with E-state index in [1.807, 2.05) is 68.4 Å². The minimum atomic E-state index is -3.90. The average Bonchev–Trinajstić information content (AvgIpc) is 2.98. The van der Waals surface area contributed by atoms with Gasteiger partial charge in [-0.25, -0.2) is 8.42 Å². The summed E-state index contributed by atoms with van der Waals surface area (Å²) in [5, 5.41) is 3.03. The summed E-state index contributed by atoms with van der Waals surface area (Å²) >= 11 is 3.44. The number of carbonyl (C=O) groups excluding carboxylic acids is 2. The summed E-state index contributed by atoms with van der Waals surface area (Å²) < 4.78 is 39.2. The number of nitrogens with one attached hydrogen (secondary N) is 1. The molecule has 11 heteroatoms. The van der Waals surface area contributed by atoms with Crippen LogP contribution in [-0.2, 0) is 32.6 Å². The zero-order chi connectivity index (χ0) is 30.3. The highest BCUT2D eigenvalue weighted by Crippen LogP contribution is 2.35. The van der Waals surface area contributed by atoms with E-state index in [9.17, 15) is 18.0 Å². The Balaban J connectivity index is 1.73. The lowest BCUT2D eigenvalue weighted by Crippen LogP contribution is -2.54. The molecule has 1 aliphatic heterocycles. The van der Waals surface area contributed by atoms with Crippen molar-refractivity contribution in [2.45, 2.75) is 45.3 Å². The first-order valence-corrected chi connectivity index (χ1v) is 16.4. The third-order valence-electron chi connectivity index (χ3n) is 7.03. The zero-order valence-corrected chi connectivity index (χ0v) is 26.4. The highest BCUT2D eigenvalue weighted by Gasteiger charge is 2.33. The first kappa shape index (κ1) is 31.4. The fraction of sp³-hybridized carbons (Fsp3) is 0.355. The van der Waals surface area contributed by atoms with Gasteiger partial charge in [0.25, 0.3) is 0 Å². The number of halogens is 1. The van der Waals surface area contributed by atoms with Gasteiger partial charge in [-0.3, -0.25) is 13.9 Å². The molecule has 0 saturated carbocycles. The van der Waals surface area contributed by atoms with Crippen molar-refractivity contribution in [3.8, 4) is 11.5 Å². The summed E-state index contributed by atoms with van der Waals surface area (Å²) in [6, 6.07) is 20.7. The molecule has 42 heavy (non-hydrogen) atoms. The number of hydrogen-bond acceptors (Lipinski definition) is 6. The topological polar surface area (TPSA) is 105 Å². The standard InChI is InChI=1S/C31H36BrN3O6S/c1-4-22(2)33-31(37)27(18-23-8-6-5-7-9-23)34(20-24-10-12-25(32)13-11-24)30(36)21-35(42(3,38)39)26-14-15-28-29(19-26)41-17-16-40-28/h5-15,19,22,27H,4,16-18,20-21H2,1-3H3,(H,33,37)/t22-,27+/m0/s1. The van der Waals surface area contributed by atoms with Crippen molar-refractivity contribution in [3.63, 3.8) is 0 Å². The Morgan fingerprint density at radius 3 is 2.26 bits per heavy atom. The second-order valence-corrected chi connectivity index (χ2v) is 13.1. The smallest absolute Gasteiger partial charge is 0.244 e. The van der Waals surface area contributed by atoms with Crippen LogP contribution in [0.25, 0.3) is 0 Å². The lowest BCUT2D eigenvalue weighted by Gasteiger charge is -2.34. The normalized spacial score (nSPS) is 14.0. The number of amides is 2. The van der Waals surface area contributed by atoms with E-state index in [1.165, 1.54) is 4.90 Å². The maximum absolute atomic E-state index is 14.2. The van der Waals surface area contributed by atoms with Crippen LogP contribution < -0.4 is 19.1 Å². The van der Waals surface area contributed by atoms with Gasteiger partial charge < -0.3 is 19.7 Å². The Morgan fingerprint density at radius 2 is 1.62 bits per heavy atom. The lowest BCUT2D eigenvalue weighted by molar-refractivity contribution is -0.140. The van der Waals surface area contributed by atoms with Crippen molar-refractivity contribution in [3.05, 3.63) is 88.4 Å². The molecule has 0 spiro atoms. The van der Waals surface area contributed by atoms with Crippen LogP contribution in [0.4, 0.5) is 5.69 Å². The van der Waals surface area contributed by atoms with Gasteiger partial charge >= 0.3 is 0 Å². The summed E-state index contributed by atoms with van der Waals surface area (Å²) in [5.41, 5.74) is 1.94. The highest BCUT2D eigenvalue weighted by atomic mass is 79.9. The van der Waals surface area contributed by atoms with Gasteiger partial charge in [-0.1, -0.05) is 65.3 Å². The molecule has 224 valence electrons. The predicted molar refractivity (Wildman–Crippen MR) is 166 cm³/mol. The van der Waals surface area contributed by atoms with Gasteiger partial charge in [0, 0.05) is 29.5 Å². The van der Waals surface area contributed by atoms with Gasteiger partial charge in [0.2, 0.25) is 21.8 Å². The number of carbonyl (C=O) groups is 2. The number of benzene rings is 3. The van der Waals surface area contributed by atoms with Gasteiger partial charge in [-0.15, -0.1) is 0 Å². The average molecular weight is 659 g/mol. The summed E-state index contributed by atoms with van der Waals surface area (Å²) in [5.74, 6) is 0.0927. The van der Waals surface area contributed by atoms with Crippen LogP contribution in [0, 0.1) is 0 Å². The molecule has 9 nitrogen and oxygen atoms in total. The van der Waals surface area contributed by atoms with Crippen LogP contribution in [0.3, 0.4) is 0 Å². The van der Waals surface area contributed by atoms with E-state index in [2.05, 4.69) is 21.2 Å². The van der Waals surface area contributed by atoms with Crippen molar-refractivity contribution < 1.29 is 27.5 Å². The molecule has 2 atom stereocenters. The van der Waals surface area contributed by atoms with Gasteiger partial charge in [0.15, 0.2) is 11.5 Å². The molecule has 0 bridgehead atoms. The van der Waals surface area contributed by atoms with E-state index in [4.69, 9.17) is 9.47 Å². The second-order valence-electron chi connectivity index (χ2n) is 10.3. The Labute approximate surface area is 256 Å². The second kappa shape index (κ2) is 14.1. The molecule has 0 fully saturated rings. The van der Waals surface area contributed by atoms with E-state index < -0.39 is 28.5 Å². The minimum Gasteiger partial charge on any atom is -0.486 e. The molecule has 4 rings (SSSR count). The Morgan fingerprint density at radius 1 is 0.952 bits per heavy atom. The number of fused-ring (bicyclic) bond motifs is 1. The lowest BCUT2D eigenvalue weighted by atomic mass is 10.0. The van der Waals surface area contributed by atoms with Gasteiger partial charge in [0.05, 0.1) is 11.9 Å². The molecule has 0 unspecified atom stereocenters. The van der Waals surface area contributed by atoms with Crippen LogP contribution in [0.5, 0.6) is 11.5 Å². The van der Waals surface area contributed by atoms with E-state index in [1.54, 1.807) is 18.2 Å². The number of hydrogen-bond donors (Lipinski definition) is 1. The van der Waals surface area contributed by atoms with Crippen LogP contribution in [-0.4, -0.2) is 63.2 Å². The van der Waals surface area contributed by atoms with E-state index in [-0.39, 0.29) is 30.6 Å². The van der Waals surface area contributed by atoms with Crippen LogP contribution in [0.2, 0.25) is 0 Å². The van der Waals surface area contributed by atoms with Crippen molar-refractivity contribution in [2.24, 2.45) is 0 Å². The van der Waals surface area contributed by atoms with Gasteiger partial charge in [-0.05, 0) is 48.7 Å². The number of ether oxygens (including phenoxy) is 2. The SMILES string of the molecule is CC[C@H](C)NC(=O)[C@@H](Cc1ccccc1)N(Cc1ccc(Br)cc1)C(=O)CN(c1ccc2c(c1)OCCO2)S(C)(=O)=O. The number of sulfonamides is 1. The van der Waals surface area contributed by atoms with Crippen molar-refractivity contribution in [2.75, 3.05) is 30.3 Å². The number of anilines is 1.